The summed E-state index contributed by atoms with van der Waals surface area (Å²) < 4.78 is 12.7. The van der Waals surface area contributed by atoms with E-state index < -0.39 is 18.2 Å². The topological polar surface area (TPSA) is 155 Å². The number of thioether (sulfide) groups is 1. The molecule has 42 heavy (non-hydrogen) atoms. The van der Waals surface area contributed by atoms with Gasteiger partial charge in [0.1, 0.15) is 5.03 Å². The number of carbonyl (C=O) groups is 3. The van der Waals surface area contributed by atoms with E-state index in [1.54, 1.807) is 30.5 Å². The summed E-state index contributed by atoms with van der Waals surface area (Å²) in [5, 5.41) is 31.0. The van der Waals surface area contributed by atoms with Crippen LogP contribution in [-0.2, 0) is 25.7 Å². The number of carbonyl (C=O) groups excluding carboxylic acids is 1. The van der Waals surface area contributed by atoms with Gasteiger partial charge in [-0.1, -0.05) is 42.8 Å². The second-order valence-electron chi connectivity index (χ2n) is 9.95. The number of unbranched alkanes of at least 4 members (excludes halogenated alkanes) is 2. The molecule has 2 heterocycles. The minimum Gasteiger partial charge on any atom is -0.481 e. The first kappa shape index (κ1) is 31.2. The molecule has 1 saturated heterocycles. The molecule has 0 unspecified atom stereocenters. The van der Waals surface area contributed by atoms with Gasteiger partial charge in [0, 0.05) is 42.5 Å². The number of aliphatic carboxylic acids is 1. The van der Waals surface area contributed by atoms with Crippen LogP contribution in [-0.4, -0.2) is 50.0 Å². The zero-order chi connectivity index (χ0) is 29.9. The number of carboxylic acid groups (broad SMARTS) is 2. The maximum atomic E-state index is 12.5. The van der Waals surface area contributed by atoms with Crippen LogP contribution < -0.4 is 5.32 Å². The number of hydrogen-bond acceptors (Lipinski definition) is 8. The summed E-state index contributed by atoms with van der Waals surface area (Å²) >= 11 is 1.31. The van der Waals surface area contributed by atoms with Crippen molar-refractivity contribution in [2.24, 2.45) is 0 Å². The smallest absolute Gasteiger partial charge is 0.338 e. The SMILES string of the molecule is O=C(O)CCCCCC(=O)Nc1cccc([C@H]2O[C@@H](CSc3ncccc3C(=O)O)C[C@@H](c3ccc(CO)cc3)O2)c1. The molecule has 1 aliphatic heterocycles. The monoisotopic (exact) mass is 594 g/mol. The Kier molecular flexibility index (Phi) is 11.5. The molecule has 1 amide bonds. The second kappa shape index (κ2) is 15.5. The number of rotatable bonds is 14. The number of nitrogens with one attached hydrogen (secondary N) is 1. The summed E-state index contributed by atoms with van der Waals surface area (Å²) in [6.07, 6.45) is 2.89. The van der Waals surface area contributed by atoms with Crippen molar-refractivity contribution >= 4 is 35.3 Å². The quantitative estimate of drug-likeness (QED) is 0.137. The third kappa shape index (κ3) is 9.12. The van der Waals surface area contributed by atoms with Gasteiger partial charge in [-0.15, -0.1) is 11.8 Å². The number of ether oxygens (including phenoxy) is 2. The van der Waals surface area contributed by atoms with Gasteiger partial charge in [0.15, 0.2) is 6.29 Å². The van der Waals surface area contributed by atoms with Crippen LogP contribution in [0.25, 0.3) is 0 Å². The summed E-state index contributed by atoms with van der Waals surface area (Å²) in [6.45, 7) is -0.0619. The third-order valence-electron chi connectivity index (χ3n) is 6.76. The van der Waals surface area contributed by atoms with Gasteiger partial charge in [-0.2, -0.15) is 0 Å². The van der Waals surface area contributed by atoms with Crippen molar-refractivity contribution in [3.63, 3.8) is 0 Å². The molecule has 4 rings (SSSR count). The number of aromatic carboxylic acids is 1. The van der Waals surface area contributed by atoms with Gasteiger partial charge in [0.05, 0.1) is 24.4 Å². The lowest BCUT2D eigenvalue weighted by Crippen LogP contribution is -2.31. The normalized spacial score (nSPS) is 18.4. The van der Waals surface area contributed by atoms with Crippen molar-refractivity contribution in [2.45, 2.75) is 68.7 Å². The molecule has 11 heteroatoms. The van der Waals surface area contributed by atoms with E-state index >= 15 is 0 Å². The van der Waals surface area contributed by atoms with Crippen LogP contribution in [0.3, 0.4) is 0 Å². The van der Waals surface area contributed by atoms with Gasteiger partial charge in [0.2, 0.25) is 5.91 Å². The zero-order valence-corrected chi connectivity index (χ0v) is 23.8. The van der Waals surface area contributed by atoms with E-state index in [0.717, 1.165) is 11.1 Å². The third-order valence-corrected chi connectivity index (χ3v) is 7.90. The van der Waals surface area contributed by atoms with Crippen LogP contribution in [0.5, 0.6) is 0 Å². The predicted octanol–water partition coefficient (Wildman–Crippen LogP) is 5.58. The van der Waals surface area contributed by atoms with Gasteiger partial charge in [-0.25, -0.2) is 9.78 Å². The first-order valence-electron chi connectivity index (χ1n) is 13.8. The van der Waals surface area contributed by atoms with E-state index in [1.165, 1.54) is 17.8 Å². The maximum absolute atomic E-state index is 12.5. The van der Waals surface area contributed by atoms with Crippen molar-refractivity contribution in [2.75, 3.05) is 11.1 Å². The van der Waals surface area contributed by atoms with E-state index in [9.17, 15) is 24.6 Å². The van der Waals surface area contributed by atoms with Crippen LogP contribution in [0.2, 0.25) is 0 Å². The Morgan fingerprint density at radius 2 is 1.71 bits per heavy atom. The average Bonchev–Trinajstić information content (AvgIpc) is 3.00. The van der Waals surface area contributed by atoms with E-state index in [2.05, 4.69) is 10.3 Å². The van der Waals surface area contributed by atoms with Crippen molar-refractivity contribution in [3.8, 4) is 0 Å². The maximum Gasteiger partial charge on any atom is 0.338 e. The molecule has 222 valence electrons. The molecule has 1 fully saturated rings. The summed E-state index contributed by atoms with van der Waals surface area (Å²) in [7, 11) is 0. The van der Waals surface area contributed by atoms with E-state index in [-0.39, 0.29) is 43.1 Å². The van der Waals surface area contributed by atoms with E-state index in [1.807, 2.05) is 30.3 Å². The number of hydrogen-bond donors (Lipinski definition) is 4. The minimum absolute atomic E-state index is 0.0619. The molecule has 2 aromatic carbocycles. The first-order valence-corrected chi connectivity index (χ1v) is 14.7. The minimum atomic E-state index is -1.04. The molecule has 10 nitrogen and oxygen atoms in total. The fourth-order valence-corrected chi connectivity index (χ4v) is 5.59. The highest BCUT2D eigenvalue weighted by atomic mass is 32.2. The molecule has 4 N–H and O–H groups in total. The Labute approximate surface area is 248 Å². The lowest BCUT2D eigenvalue weighted by molar-refractivity contribution is -0.245. The fraction of sp³-hybridized carbons (Fsp3) is 0.355. The van der Waals surface area contributed by atoms with Gasteiger partial charge in [-0.05, 0) is 48.2 Å². The van der Waals surface area contributed by atoms with Gasteiger partial charge < -0.3 is 30.1 Å². The second-order valence-corrected chi connectivity index (χ2v) is 11.0. The van der Waals surface area contributed by atoms with E-state index in [0.29, 0.717) is 47.7 Å². The first-order chi connectivity index (χ1) is 20.3. The lowest BCUT2D eigenvalue weighted by atomic mass is 10.0. The summed E-state index contributed by atoms with van der Waals surface area (Å²) in [5.41, 5.74) is 3.15. The lowest BCUT2D eigenvalue weighted by Gasteiger charge is -2.36. The van der Waals surface area contributed by atoms with Gasteiger partial charge in [-0.3, -0.25) is 9.59 Å². The van der Waals surface area contributed by atoms with Crippen LogP contribution in [0.1, 0.15) is 78.0 Å². The van der Waals surface area contributed by atoms with Crippen molar-refractivity contribution < 1.29 is 39.2 Å². The molecule has 1 aromatic heterocycles. The number of aliphatic hydroxyl groups is 1. The van der Waals surface area contributed by atoms with Crippen molar-refractivity contribution in [1.29, 1.82) is 0 Å². The molecule has 0 spiro atoms. The molecule has 0 bridgehead atoms. The molecule has 0 saturated carbocycles. The highest BCUT2D eigenvalue weighted by Crippen LogP contribution is 2.40. The number of benzene rings is 2. The Bertz CT molecular complexity index is 1370. The number of amides is 1. The van der Waals surface area contributed by atoms with Crippen LogP contribution >= 0.6 is 11.8 Å². The molecule has 3 aromatic rings. The zero-order valence-electron chi connectivity index (χ0n) is 23.0. The fourth-order valence-electron chi connectivity index (χ4n) is 4.59. The van der Waals surface area contributed by atoms with Crippen molar-refractivity contribution in [1.82, 2.24) is 4.98 Å². The molecule has 0 aliphatic carbocycles. The Morgan fingerprint density at radius 3 is 2.45 bits per heavy atom. The number of aliphatic hydroxyl groups excluding tert-OH is 1. The molecule has 0 radical (unpaired) electrons. The summed E-state index contributed by atoms with van der Waals surface area (Å²) in [5.74, 6) is -1.60. The number of anilines is 1. The Hall–Kier alpha value is -3.77. The van der Waals surface area contributed by atoms with Crippen molar-refractivity contribution in [3.05, 3.63) is 89.1 Å². The Balaban J connectivity index is 1.46. The summed E-state index contributed by atoms with van der Waals surface area (Å²) in [6, 6.07) is 17.9. The van der Waals surface area contributed by atoms with Gasteiger partial charge >= 0.3 is 11.9 Å². The Morgan fingerprint density at radius 1 is 0.929 bits per heavy atom. The molecular formula is C31H34N2O8S. The molecular weight excluding hydrogens is 560 g/mol. The number of nitrogens with zero attached hydrogens (tertiary/aromatic N) is 1. The number of aromatic nitrogens is 1. The number of carboxylic acids is 2. The van der Waals surface area contributed by atoms with Crippen LogP contribution in [0, 0.1) is 0 Å². The number of pyridine rings is 1. The summed E-state index contributed by atoms with van der Waals surface area (Å²) in [4.78, 5) is 39.0. The highest BCUT2D eigenvalue weighted by Gasteiger charge is 2.32. The van der Waals surface area contributed by atoms with E-state index in [4.69, 9.17) is 14.6 Å². The average molecular weight is 595 g/mol. The van der Waals surface area contributed by atoms with Gasteiger partial charge in [0.25, 0.3) is 0 Å². The molecule has 1 aliphatic rings. The van der Waals surface area contributed by atoms with Crippen LogP contribution in [0.4, 0.5) is 5.69 Å². The molecule has 3 atom stereocenters. The van der Waals surface area contributed by atoms with Crippen LogP contribution in [0.15, 0.2) is 71.9 Å². The predicted molar refractivity (Wildman–Crippen MR) is 156 cm³/mol. The standard InChI is InChI=1S/C31H34N2O8S/c34-18-20-11-13-21(14-12-20)26-17-24(19-42-29-25(30(38)39)8-5-15-32-29)40-31(41-26)22-6-4-7-23(16-22)33-27(35)9-2-1-3-10-28(36)37/h4-8,11-16,24,26,31,34H,1-3,9-10,17-19H2,(H,33,35)(H,36,37)(H,38,39)/t24-,26+,31+/m1/s1. The largest absolute Gasteiger partial charge is 0.481 e. The highest BCUT2D eigenvalue weighted by molar-refractivity contribution is 7.99.